The minimum absolute atomic E-state index is 0.0540. The molecule has 2 fully saturated rings. The summed E-state index contributed by atoms with van der Waals surface area (Å²) < 4.78 is 46.2. The van der Waals surface area contributed by atoms with Crippen LogP contribution in [0.25, 0.3) is 10.9 Å². The van der Waals surface area contributed by atoms with Crippen molar-refractivity contribution in [3.05, 3.63) is 64.8 Å². The number of carbonyl (C=O) groups is 1. The van der Waals surface area contributed by atoms with E-state index in [9.17, 15) is 23.1 Å². The van der Waals surface area contributed by atoms with Crippen LogP contribution in [0, 0.1) is 12.3 Å². The molecule has 37 heavy (non-hydrogen) atoms. The van der Waals surface area contributed by atoms with Gasteiger partial charge in [0.1, 0.15) is 5.75 Å². The number of aromatic carboxylic acids is 1. The lowest BCUT2D eigenvalue weighted by atomic mass is 9.90. The monoisotopic (exact) mass is 515 g/mol. The number of aryl methyl sites for hydroxylation is 1. The minimum Gasteiger partial charge on any atom is -0.496 e. The Morgan fingerprint density at radius 3 is 2.59 bits per heavy atom. The van der Waals surface area contributed by atoms with Gasteiger partial charge in [0.15, 0.2) is 0 Å². The summed E-state index contributed by atoms with van der Waals surface area (Å²) in [5, 5.41) is 13.6. The van der Waals surface area contributed by atoms with E-state index in [1.807, 2.05) is 37.4 Å². The number of H-pyrrole nitrogens is 1. The number of halogens is 3. The van der Waals surface area contributed by atoms with Crippen LogP contribution in [0.2, 0.25) is 0 Å². The maximum Gasteiger partial charge on any atom is 0.395 e. The van der Waals surface area contributed by atoms with Gasteiger partial charge in [-0.05, 0) is 68.0 Å². The largest absolute Gasteiger partial charge is 0.496 e. The van der Waals surface area contributed by atoms with E-state index in [0.717, 1.165) is 39.8 Å². The summed E-state index contributed by atoms with van der Waals surface area (Å²) in [7, 11) is 1.66. The van der Waals surface area contributed by atoms with E-state index in [-0.39, 0.29) is 37.0 Å². The number of rotatable bonds is 8. The van der Waals surface area contributed by atoms with Crippen molar-refractivity contribution in [2.45, 2.75) is 57.4 Å². The number of fused-ring (bicyclic) bond motifs is 1. The zero-order valence-corrected chi connectivity index (χ0v) is 21.0. The predicted octanol–water partition coefficient (Wildman–Crippen LogP) is 5.82. The average Bonchev–Trinajstić information content (AvgIpc) is 3.52. The quantitative estimate of drug-likeness (QED) is 0.352. The van der Waals surface area contributed by atoms with Crippen LogP contribution in [0.15, 0.2) is 42.6 Å². The molecule has 2 heterocycles. The average molecular weight is 516 g/mol. The van der Waals surface area contributed by atoms with Crippen molar-refractivity contribution in [3.8, 4) is 5.75 Å². The van der Waals surface area contributed by atoms with Crippen LogP contribution in [0.5, 0.6) is 5.75 Å². The van der Waals surface area contributed by atoms with Gasteiger partial charge < -0.3 is 20.1 Å². The van der Waals surface area contributed by atoms with E-state index in [0.29, 0.717) is 19.5 Å². The van der Waals surface area contributed by atoms with Gasteiger partial charge in [-0.3, -0.25) is 4.90 Å². The van der Waals surface area contributed by atoms with E-state index >= 15 is 0 Å². The van der Waals surface area contributed by atoms with Gasteiger partial charge in [-0.15, -0.1) is 0 Å². The van der Waals surface area contributed by atoms with Crippen molar-refractivity contribution >= 4 is 16.9 Å². The summed E-state index contributed by atoms with van der Waals surface area (Å²) in [4.78, 5) is 17.0. The number of carboxylic acid groups (broad SMARTS) is 1. The highest BCUT2D eigenvalue weighted by Crippen LogP contribution is 2.57. The molecule has 3 N–H and O–H groups in total. The molecule has 2 aromatic carbocycles. The number of likely N-dealkylation sites (tertiary alicyclic amines) is 1. The molecule has 1 aliphatic heterocycles. The highest BCUT2D eigenvalue weighted by Gasteiger charge is 2.62. The SMILES string of the molecule is COc1cc(C)c2[nH]ccc2c1CN1CC[C@@H](NCC2(C(F)(F)F)CC2)C[C@@H]1c1ccc(C(=O)O)cc1. The number of hydrogen-bond acceptors (Lipinski definition) is 4. The molecule has 0 bridgehead atoms. The molecule has 1 saturated carbocycles. The first-order valence-corrected chi connectivity index (χ1v) is 12.6. The van der Waals surface area contributed by atoms with Crippen molar-refractivity contribution in [1.82, 2.24) is 15.2 Å². The number of aromatic amines is 1. The van der Waals surface area contributed by atoms with Crippen LogP contribution in [-0.4, -0.2) is 53.4 Å². The molecule has 3 aromatic rings. The number of aromatic nitrogens is 1. The zero-order valence-electron chi connectivity index (χ0n) is 21.0. The molecular weight excluding hydrogens is 483 g/mol. The highest BCUT2D eigenvalue weighted by molar-refractivity contribution is 5.88. The topological polar surface area (TPSA) is 77.6 Å². The van der Waals surface area contributed by atoms with E-state index in [2.05, 4.69) is 15.2 Å². The van der Waals surface area contributed by atoms with Gasteiger partial charge in [-0.2, -0.15) is 13.2 Å². The van der Waals surface area contributed by atoms with E-state index < -0.39 is 17.6 Å². The number of nitrogens with one attached hydrogen (secondary N) is 2. The predicted molar refractivity (Wildman–Crippen MR) is 135 cm³/mol. The highest BCUT2D eigenvalue weighted by atomic mass is 19.4. The third-order valence-corrected chi connectivity index (χ3v) is 8.13. The van der Waals surface area contributed by atoms with Gasteiger partial charge in [-0.1, -0.05) is 12.1 Å². The standard InChI is InChI=1S/C28H32F3N3O3/c1-17-13-24(37-2)22(21-7-11-32-25(17)21)15-34-12-8-20(33-16-27(9-10-27)28(29,30)31)14-23(34)18-3-5-19(6-4-18)26(35)36/h3-7,11,13,20,23,32-33H,8-10,12,14-16H2,1-2H3,(H,35,36)/t20-,23-/m1/s1. The number of nitrogens with zero attached hydrogens (tertiary/aromatic N) is 1. The molecule has 0 amide bonds. The van der Waals surface area contributed by atoms with E-state index in [4.69, 9.17) is 4.74 Å². The molecule has 2 aliphatic rings. The van der Waals surface area contributed by atoms with Gasteiger partial charge >= 0.3 is 12.1 Å². The second-order valence-corrected chi connectivity index (χ2v) is 10.4. The molecule has 5 rings (SSSR count). The van der Waals surface area contributed by atoms with Crippen molar-refractivity contribution < 1.29 is 27.8 Å². The lowest BCUT2D eigenvalue weighted by molar-refractivity contribution is -0.186. The Labute approximate surface area is 213 Å². The summed E-state index contributed by atoms with van der Waals surface area (Å²) in [6.07, 6.45) is -0.554. The normalized spacial score (nSPS) is 21.8. The summed E-state index contributed by atoms with van der Waals surface area (Å²) in [6, 6.07) is 10.7. The molecule has 6 nitrogen and oxygen atoms in total. The molecular formula is C28H32F3N3O3. The second-order valence-electron chi connectivity index (χ2n) is 10.4. The molecule has 0 unspecified atom stereocenters. The maximum absolute atomic E-state index is 13.5. The first-order chi connectivity index (χ1) is 17.6. The zero-order chi connectivity index (χ0) is 26.4. The molecule has 0 spiro atoms. The van der Waals surface area contributed by atoms with Crippen LogP contribution in [0.1, 0.15) is 58.8 Å². The van der Waals surface area contributed by atoms with Crippen molar-refractivity contribution in [2.24, 2.45) is 5.41 Å². The maximum atomic E-state index is 13.5. The molecule has 1 aliphatic carbocycles. The number of hydrogen-bond donors (Lipinski definition) is 3. The van der Waals surface area contributed by atoms with Crippen LogP contribution >= 0.6 is 0 Å². The molecule has 1 aromatic heterocycles. The van der Waals surface area contributed by atoms with E-state index in [1.54, 1.807) is 19.2 Å². The number of alkyl halides is 3. The lowest BCUT2D eigenvalue weighted by Crippen LogP contribution is -2.47. The molecule has 0 radical (unpaired) electrons. The first-order valence-electron chi connectivity index (χ1n) is 12.6. The molecule has 198 valence electrons. The minimum atomic E-state index is -4.18. The fraction of sp³-hybridized carbons (Fsp3) is 0.464. The van der Waals surface area contributed by atoms with Gasteiger partial charge in [-0.25, -0.2) is 4.79 Å². The number of piperidine rings is 1. The van der Waals surface area contributed by atoms with Crippen LogP contribution in [-0.2, 0) is 6.54 Å². The molecule has 1 saturated heterocycles. The summed E-state index contributed by atoms with van der Waals surface area (Å²) in [5.74, 6) is -0.196. The first kappa shape index (κ1) is 25.6. The Balaban J connectivity index is 1.42. The van der Waals surface area contributed by atoms with Crippen molar-refractivity contribution in [1.29, 1.82) is 0 Å². The smallest absolute Gasteiger partial charge is 0.395 e. The van der Waals surface area contributed by atoms with Crippen LogP contribution < -0.4 is 10.1 Å². The summed E-state index contributed by atoms with van der Waals surface area (Å²) in [5.41, 5.74) is 2.76. The van der Waals surface area contributed by atoms with E-state index in [1.165, 1.54) is 0 Å². The fourth-order valence-electron chi connectivity index (χ4n) is 5.62. The number of methoxy groups -OCH3 is 1. The Morgan fingerprint density at radius 1 is 1.24 bits per heavy atom. The summed E-state index contributed by atoms with van der Waals surface area (Å²) in [6.45, 7) is 3.26. The summed E-state index contributed by atoms with van der Waals surface area (Å²) >= 11 is 0. The second kappa shape index (κ2) is 9.68. The Kier molecular flexibility index (Phi) is 6.70. The molecule has 9 heteroatoms. The third-order valence-electron chi connectivity index (χ3n) is 8.13. The number of benzene rings is 2. The Hall–Kier alpha value is -3.04. The van der Waals surface area contributed by atoms with Crippen molar-refractivity contribution in [3.63, 3.8) is 0 Å². The molecule has 2 atom stereocenters. The van der Waals surface area contributed by atoms with Crippen LogP contribution in [0.4, 0.5) is 13.2 Å². The van der Waals surface area contributed by atoms with Gasteiger partial charge in [0.2, 0.25) is 0 Å². The Morgan fingerprint density at radius 2 is 1.97 bits per heavy atom. The van der Waals surface area contributed by atoms with Gasteiger partial charge in [0, 0.05) is 54.4 Å². The third kappa shape index (κ3) is 4.94. The van der Waals surface area contributed by atoms with Gasteiger partial charge in [0.05, 0.1) is 18.1 Å². The van der Waals surface area contributed by atoms with Gasteiger partial charge in [0.25, 0.3) is 0 Å². The fourth-order valence-corrected chi connectivity index (χ4v) is 5.62. The number of ether oxygens (including phenoxy) is 1. The van der Waals surface area contributed by atoms with Crippen molar-refractivity contribution in [2.75, 3.05) is 20.2 Å². The van der Waals surface area contributed by atoms with Crippen LogP contribution in [0.3, 0.4) is 0 Å². The number of carboxylic acids is 1. The lowest BCUT2D eigenvalue weighted by Gasteiger charge is -2.41. The Bertz CT molecular complexity index is 1280.